The standard InChI is InChI=1S/C28H33N3O3/c1-17-14-20(16-29-30-17)24-8-9-25-23-7-4-18-15-19(27(34)31(3)13-11-26(32)33)5-6-21(18)22(23)10-12-28(24,25)2/h5-6,8,14-16,22-23,25H,4,7,9-13H2,1-3H3,(H,32,33)/t22?,23?,25?,28-/m1/s1. The molecule has 1 saturated carbocycles. The highest BCUT2D eigenvalue weighted by atomic mass is 16.4. The maximum absolute atomic E-state index is 12.8. The van der Waals surface area contributed by atoms with Gasteiger partial charge in [-0.05, 0) is 103 Å². The Bertz CT molecular complexity index is 1170. The summed E-state index contributed by atoms with van der Waals surface area (Å²) in [5, 5.41) is 17.3. The Hall–Kier alpha value is -3.02. The number of allylic oxidation sites excluding steroid dienone is 2. The van der Waals surface area contributed by atoms with Crippen LogP contribution in [0.25, 0.3) is 5.57 Å². The summed E-state index contributed by atoms with van der Waals surface area (Å²) in [5.74, 6) is 0.830. The Kier molecular flexibility index (Phi) is 5.78. The summed E-state index contributed by atoms with van der Waals surface area (Å²) in [6.07, 6.45) is 9.91. The number of aromatic nitrogens is 2. The number of nitrogens with zero attached hydrogens (tertiary/aromatic N) is 3. The lowest BCUT2D eigenvalue weighted by Crippen LogP contribution is -2.41. The molecule has 1 heterocycles. The molecule has 0 aliphatic heterocycles. The zero-order valence-electron chi connectivity index (χ0n) is 20.3. The second kappa shape index (κ2) is 8.64. The smallest absolute Gasteiger partial charge is 0.305 e. The van der Waals surface area contributed by atoms with E-state index in [1.54, 1.807) is 7.05 Å². The summed E-state index contributed by atoms with van der Waals surface area (Å²) in [7, 11) is 1.67. The van der Waals surface area contributed by atoms with Crippen molar-refractivity contribution in [2.24, 2.45) is 17.3 Å². The molecule has 178 valence electrons. The number of fused-ring (bicyclic) bond motifs is 5. The highest BCUT2D eigenvalue weighted by molar-refractivity contribution is 5.94. The number of hydrogen-bond acceptors (Lipinski definition) is 4. The van der Waals surface area contributed by atoms with Crippen molar-refractivity contribution in [3.8, 4) is 0 Å². The van der Waals surface area contributed by atoms with Gasteiger partial charge in [0, 0.05) is 19.2 Å². The largest absolute Gasteiger partial charge is 0.481 e. The van der Waals surface area contributed by atoms with E-state index in [1.165, 1.54) is 27.2 Å². The van der Waals surface area contributed by atoms with Crippen molar-refractivity contribution in [3.05, 3.63) is 64.5 Å². The van der Waals surface area contributed by atoms with Crippen LogP contribution in [0.1, 0.15) is 77.7 Å². The van der Waals surface area contributed by atoms with E-state index in [4.69, 9.17) is 5.11 Å². The minimum Gasteiger partial charge on any atom is -0.481 e. The number of benzene rings is 1. The first-order valence-corrected chi connectivity index (χ1v) is 12.4. The minimum absolute atomic E-state index is 0.0394. The van der Waals surface area contributed by atoms with Crippen LogP contribution < -0.4 is 0 Å². The fraction of sp³-hybridized carbons (Fsp3) is 0.500. The van der Waals surface area contributed by atoms with Crippen molar-refractivity contribution in [1.82, 2.24) is 15.1 Å². The van der Waals surface area contributed by atoms with Crippen molar-refractivity contribution < 1.29 is 14.7 Å². The predicted molar refractivity (Wildman–Crippen MR) is 130 cm³/mol. The molecule has 1 N–H and O–H groups in total. The Balaban J connectivity index is 1.36. The van der Waals surface area contributed by atoms with Gasteiger partial charge in [-0.1, -0.05) is 19.1 Å². The van der Waals surface area contributed by atoms with E-state index in [9.17, 15) is 9.59 Å². The average molecular weight is 460 g/mol. The van der Waals surface area contributed by atoms with Crippen molar-refractivity contribution in [3.63, 3.8) is 0 Å². The van der Waals surface area contributed by atoms with Crippen molar-refractivity contribution in [1.29, 1.82) is 0 Å². The van der Waals surface area contributed by atoms with Gasteiger partial charge in [-0.3, -0.25) is 9.59 Å². The molecule has 0 bridgehead atoms. The van der Waals surface area contributed by atoms with Crippen LogP contribution in [0.15, 0.2) is 36.5 Å². The van der Waals surface area contributed by atoms with Crippen LogP contribution in [0.4, 0.5) is 0 Å². The van der Waals surface area contributed by atoms with Crippen LogP contribution in [0, 0.1) is 24.2 Å². The normalized spacial score (nSPS) is 27.3. The zero-order chi connectivity index (χ0) is 24.0. The summed E-state index contributed by atoms with van der Waals surface area (Å²) in [6.45, 7) is 4.68. The van der Waals surface area contributed by atoms with Gasteiger partial charge in [-0.15, -0.1) is 0 Å². The Labute approximate surface area is 201 Å². The molecule has 0 spiro atoms. The second-order valence-corrected chi connectivity index (χ2v) is 10.6. The van der Waals surface area contributed by atoms with E-state index in [1.807, 2.05) is 19.2 Å². The Morgan fingerprint density at radius 1 is 1.24 bits per heavy atom. The molecule has 0 saturated heterocycles. The quantitative estimate of drug-likeness (QED) is 0.689. The molecule has 0 radical (unpaired) electrons. The van der Waals surface area contributed by atoms with Crippen LogP contribution in [-0.2, 0) is 11.2 Å². The number of carbonyl (C=O) groups is 2. The lowest BCUT2D eigenvalue weighted by atomic mass is 9.54. The number of carbonyl (C=O) groups excluding carboxylic acids is 1. The van der Waals surface area contributed by atoms with Gasteiger partial charge >= 0.3 is 5.97 Å². The summed E-state index contributed by atoms with van der Waals surface area (Å²) in [4.78, 5) is 25.2. The molecule has 5 rings (SSSR count). The molecule has 3 aliphatic carbocycles. The molecule has 2 aromatic rings. The molecular weight excluding hydrogens is 426 g/mol. The van der Waals surface area contributed by atoms with Crippen LogP contribution >= 0.6 is 0 Å². The number of carboxylic acid groups (broad SMARTS) is 1. The molecule has 3 aliphatic rings. The molecule has 4 atom stereocenters. The summed E-state index contributed by atoms with van der Waals surface area (Å²) in [6, 6.07) is 8.34. The Morgan fingerprint density at radius 3 is 2.82 bits per heavy atom. The van der Waals surface area contributed by atoms with Crippen molar-refractivity contribution in [2.45, 2.75) is 58.3 Å². The number of amides is 1. The van der Waals surface area contributed by atoms with Gasteiger partial charge in [0.25, 0.3) is 5.91 Å². The molecule has 1 fully saturated rings. The minimum atomic E-state index is -0.889. The summed E-state index contributed by atoms with van der Waals surface area (Å²) < 4.78 is 0. The third-order valence-corrected chi connectivity index (χ3v) is 8.65. The second-order valence-electron chi connectivity index (χ2n) is 10.6. The topological polar surface area (TPSA) is 83.4 Å². The summed E-state index contributed by atoms with van der Waals surface area (Å²) in [5.41, 5.74) is 7.19. The van der Waals surface area contributed by atoms with Gasteiger partial charge in [0.2, 0.25) is 0 Å². The maximum Gasteiger partial charge on any atom is 0.305 e. The number of rotatable bonds is 5. The van der Waals surface area contributed by atoms with Gasteiger partial charge in [-0.2, -0.15) is 10.2 Å². The molecule has 1 aromatic carbocycles. The highest BCUT2D eigenvalue weighted by Crippen LogP contribution is 2.63. The van der Waals surface area contributed by atoms with Crippen LogP contribution in [-0.4, -0.2) is 45.7 Å². The zero-order valence-corrected chi connectivity index (χ0v) is 20.3. The lowest BCUT2D eigenvalue weighted by Gasteiger charge is -2.50. The lowest BCUT2D eigenvalue weighted by molar-refractivity contribution is -0.137. The van der Waals surface area contributed by atoms with E-state index < -0.39 is 5.97 Å². The first kappa shape index (κ1) is 22.8. The molecule has 1 aromatic heterocycles. The number of aliphatic carboxylic acids is 1. The van der Waals surface area contributed by atoms with Gasteiger partial charge in [-0.25, -0.2) is 0 Å². The van der Waals surface area contributed by atoms with Gasteiger partial charge in [0.1, 0.15) is 0 Å². The average Bonchev–Trinajstić information content (AvgIpc) is 3.18. The van der Waals surface area contributed by atoms with E-state index in [0.29, 0.717) is 23.3 Å². The van der Waals surface area contributed by atoms with Gasteiger partial charge in [0.15, 0.2) is 0 Å². The molecule has 6 nitrogen and oxygen atoms in total. The SMILES string of the molecule is Cc1cc(C2=CCC3C4CCc5cc(C(=O)N(C)CCC(=O)O)ccc5C4CC[C@]23C)cnn1. The third kappa shape index (κ3) is 3.83. The maximum atomic E-state index is 12.8. The molecule has 6 heteroatoms. The molecule has 34 heavy (non-hydrogen) atoms. The molecular formula is C28H33N3O3. The predicted octanol–water partition coefficient (Wildman–Crippen LogP) is 4.88. The summed E-state index contributed by atoms with van der Waals surface area (Å²) >= 11 is 0. The van der Waals surface area contributed by atoms with E-state index in [-0.39, 0.29) is 24.3 Å². The number of carboxylic acids is 1. The van der Waals surface area contributed by atoms with E-state index >= 15 is 0 Å². The van der Waals surface area contributed by atoms with Crippen LogP contribution in [0.5, 0.6) is 0 Å². The third-order valence-electron chi connectivity index (χ3n) is 8.65. The molecule has 3 unspecified atom stereocenters. The van der Waals surface area contributed by atoms with Gasteiger partial charge < -0.3 is 10.0 Å². The fourth-order valence-electron chi connectivity index (χ4n) is 6.94. The first-order valence-electron chi connectivity index (χ1n) is 12.4. The van der Waals surface area contributed by atoms with Crippen molar-refractivity contribution >= 4 is 17.4 Å². The highest BCUT2D eigenvalue weighted by Gasteiger charge is 2.52. The van der Waals surface area contributed by atoms with Crippen molar-refractivity contribution in [2.75, 3.05) is 13.6 Å². The van der Waals surface area contributed by atoms with Gasteiger partial charge in [0.05, 0.1) is 18.3 Å². The monoisotopic (exact) mass is 459 g/mol. The van der Waals surface area contributed by atoms with Crippen LogP contribution in [0.3, 0.4) is 0 Å². The van der Waals surface area contributed by atoms with E-state index in [2.05, 4.69) is 41.4 Å². The van der Waals surface area contributed by atoms with Crippen LogP contribution in [0.2, 0.25) is 0 Å². The Morgan fingerprint density at radius 2 is 2.06 bits per heavy atom. The first-order chi connectivity index (χ1) is 16.3. The van der Waals surface area contributed by atoms with E-state index in [0.717, 1.165) is 37.8 Å². The number of hydrogen-bond donors (Lipinski definition) is 1. The number of aryl methyl sites for hydroxylation is 2. The fourth-order valence-corrected chi connectivity index (χ4v) is 6.94. The molecule has 1 amide bonds.